The predicted molar refractivity (Wildman–Crippen MR) is 78.1 cm³/mol. The molecule has 0 aliphatic rings. The Hall–Kier alpha value is -2.12. The van der Waals surface area contributed by atoms with Gasteiger partial charge in [-0.3, -0.25) is 10.1 Å². The zero-order valence-corrected chi connectivity index (χ0v) is 13.3. The predicted octanol–water partition coefficient (Wildman–Crippen LogP) is 2.17. The van der Waals surface area contributed by atoms with Gasteiger partial charge in [-0.25, -0.2) is 9.48 Å². The largest absolute Gasteiger partial charge is 0.458 e. The summed E-state index contributed by atoms with van der Waals surface area (Å²) in [6, 6.07) is -0.669. The maximum atomic E-state index is 12.1. The van der Waals surface area contributed by atoms with Crippen molar-refractivity contribution in [3.8, 4) is 0 Å². The number of hydrogen-bond donors (Lipinski definition) is 1. The molecule has 8 heteroatoms. The maximum absolute atomic E-state index is 12.1. The highest BCUT2D eigenvalue weighted by molar-refractivity contribution is 5.80. The van der Waals surface area contributed by atoms with Crippen molar-refractivity contribution in [1.29, 1.82) is 0 Å². The molecule has 0 aliphatic heterocycles. The van der Waals surface area contributed by atoms with E-state index in [4.69, 9.17) is 4.74 Å². The second-order valence-corrected chi connectivity index (χ2v) is 5.80. The summed E-state index contributed by atoms with van der Waals surface area (Å²) in [5.41, 5.74) is -0.441. The molecule has 1 heterocycles. The average Bonchev–Trinajstić information content (AvgIpc) is 2.58. The number of aromatic nitrogens is 2. The van der Waals surface area contributed by atoms with Gasteiger partial charge < -0.3 is 10.1 Å². The number of anilines is 1. The van der Waals surface area contributed by atoms with Gasteiger partial charge in [0.15, 0.2) is 0 Å². The normalized spacial score (nSPS) is 12.9. The van der Waals surface area contributed by atoms with Crippen LogP contribution in [-0.2, 0) is 16.6 Å². The van der Waals surface area contributed by atoms with Gasteiger partial charge in [0.1, 0.15) is 17.3 Å². The van der Waals surface area contributed by atoms with Gasteiger partial charge in [-0.15, -0.1) is 0 Å². The second kappa shape index (κ2) is 6.11. The number of ether oxygens (including phenoxy) is 1. The smallest absolute Gasteiger partial charge is 0.333 e. The highest BCUT2D eigenvalue weighted by Crippen LogP contribution is 2.28. The minimum atomic E-state index is -0.669. The zero-order chi connectivity index (χ0) is 16.4. The third kappa shape index (κ3) is 4.17. The highest BCUT2D eigenvalue weighted by atomic mass is 16.6. The molecule has 0 fully saturated rings. The molecule has 0 radical (unpaired) electrons. The van der Waals surface area contributed by atoms with Crippen molar-refractivity contribution in [2.24, 2.45) is 7.05 Å². The number of nitrogens with zero attached hydrogens (tertiary/aromatic N) is 3. The minimum Gasteiger partial charge on any atom is -0.458 e. The monoisotopic (exact) mass is 298 g/mol. The standard InChI is InChI=1S/C13H22N4O4/c1-7-9(12(18)21-13(3,4)5)14-11-10(17(19)20)8(2)15-16(11)6/h9,14H,7H2,1-6H3. The van der Waals surface area contributed by atoms with Crippen molar-refractivity contribution in [3.05, 3.63) is 15.8 Å². The van der Waals surface area contributed by atoms with Crippen LogP contribution in [0, 0.1) is 17.0 Å². The van der Waals surface area contributed by atoms with E-state index >= 15 is 0 Å². The van der Waals surface area contributed by atoms with Crippen molar-refractivity contribution in [2.45, 2.75) is 52.7 Å². The molecule has 1 aromatic rings. The summed E-state index contributed by atoms with van der Waals surface area (Å²) in [6.07, 6.45) is 0.441. The number of hydrogen-bond acceptors (Lipinski definition) is 6. The zero-order valence-electron chi connectivity index (χ0n) is 13.3. The molecule has 1 rings (SSSR count). The van der Waals surface area contributed by atoms with Crippen LogP contribution in [0.25, 0.3) is 0 Å². The molecule has 8 nitrogen and oxygen atoms in total. The lowest BCUT2D eigenvalue weighted by atomic mass is 10.1. The van der Waals surface area contributed by atoms with E-state index in [9.17, 15) is 14.9 Å². The lowest BCUT2D eigenvalue weighted by molar-refractivity contribution is -0.384. The molecule has 0 saturated carbocycles. The van der Waals surface area contributed by atoms with E-state index in [2.05, 4.69) is 10.4 Å². The van der Waals surface area contributed by atoms with E-state index < -0.39 is 22.5 Å². The SMILES string of the molecule is CCC(Nc1c([N+](=O)[O-])c(C)nn1C)C(=O)OC(C)(C)C. The van der Waals surface area contributed by atoms with Gasteiger partial charge >= 0.3 is 11.7 Å². The molecule has 0 saturated heterocycles. The van der Waals surface area contributed by atoms with Crippen LogP contribution in [0.4, 0.5) is 11.5 Å². The molecule has 0 aliphatic carbocycles. The third-order valence-electron chi connectivity index (χ3n) is 2.78. The Kier molecular flexibility index (Phi) is 4.93. The Morgan fingerprint density at radius 1 is 1.52 bits per heavy atom. The number of rotatable bonds is 5. The molecular weight excluding hydrogens is 276 g/mol. The summed E-state index contributed by atoms with van der Waals surface area (Å²) < 4.78 is 6.67. The van der Waals surface area contributed by atoms with Crippen molar-refractivity contribution in [3.63, 3.8) is 0 Å². The van der Waals surface area contributed by atoms with Crippen molar-refractivity contribution in [2.75, 3.05) is 5.32 Å². The Morgan fingerprint density at radius 2 is 2.10 bits per heavy atom. The fraction of sp³-hybridized carbons (Fsp3) is 0.692. The van der Waals surface area contributed by atoms with Crippen LogP contribution in [0.15, 0.2) is 0 Å². The molecule has 0 spiro atoms. The summed E-state index contributed by atoms with van der Waals surface area (Å²) in [4.78, 5) is 22.7. The molecule has 118 valence electrons. The van der Waals surface area contributed by atoms with Gasteiger partial charge in [0.2, 0.25) is 5.82 Å². The molecule has 1 atom stereocenters. The Labute approximate surface area is 123 Å². The van der Waals surface area contributed by atoms with Gasteiger partial charge in [0.05, 0.1) is 4.92 Å². The van der Waals surface area contributed by atoms with Gasteiger partial charge in [-0.2, -0.15) is 5.10 Å². The molecule has 0 amide bonds. The first-order chi connectivity index (χ1) is 9.56. The average molecular weight is 298 g/mol. The van der Waals surface area contributed by atoms with Crippen LogP contribution < -0.4 is 5.32 Å². The summed E-state index contributed by atoms with van der Waals surface area (Å²) in [7, 11) is 1.59. The summed E-state index contributed by atoms with van der Waals surface area (Å²) >= 11 is 0. The van der Waals surface area contributed by atoms with E-state index in [0.29, 0.717) is 12.1 Å². The van der Waals surface area contributed by atoms with Gasteiger partial charge in [-0.05, 0) is 34.1 Å². The topological polar surface area (TPSA) is 99.3 Å². The fourth-order valence-corrected chi connectivity index (χ4v) is 1.89. The number of nitro groups is 1. The quantitative estimate of drug-likeness (QED) is 0.508. The Morgan fingerprint density at radius 3 is 2.52 bits per heavy atom. The number of esters is 1. The summed E-state index contributed by atoms with van der Waals surface area (Å²) in [6.45, 7) is 8.67. The Balaban J connectivity index is 3.03. The third-order valence-corrected chi connectivity index (χ3v) is 2.78. The number of carbonyl (C=O) groups excluding carboxylic acids is 1. The summed E-state index contributed by atoms with van der Waals surface area (Å²) in [5, 5.41) is 18.0. The second-order valence-electron chi connectivity index (χ2n) is 5.80. The molecular formula is C13H22N4O4. The number of carbonyl (C=O) groups is 1. The van der Waals surface area contributed by atoms with Crippen LogP contribution in [0.2, 0.25) is 0 Å². The summed E-state index contributed by atoms with van der Waals surface area (Å²) in [5.74, 6) is -0.242. The number of nitrogens with one attached hydrogen (secondary N) is 1. The van der Waals surface area contributed by atoms with Gasteiger partial charge in [0, 0.05) is 7.05 Å². The Bertz CT molecular complexity index is 545. The molecule has 0 aromatic carbocycles. The molecule has 21 heavy (non-hydrogen) atoms. The highest BCUT2D eigenvalue weighted by Gasteiger charge is 2.30. The van der Waals surface area contributed by atoms with Crippen molar-refractivity contribution in [1.82, 2.24) is 9.78 Å². The van der Waals surface area contributed by atoms with Crippen molar-refractivity contribution < 1.29 is 14.5 Å². The van der Waals surface area contributed by atoms with Crippen molar-refractivity contribution >= 4 is 17.5 Å². The molecule has 1 aromatic heterocycles. The first kappa shape index (κ1) is 16.9. The number of aryl methyl sites for hydroxylation is 2. The van der Waals surface area contributed by atoms with E-state index in [1.807, 2.05) is 0 Å². The van der Waals surface area contributed by atoms with E-state index in [-0.39, 0.29) is 11.5 Å². The van der Waals surface area contributed by atoms with E-state index in [1.165, 1.54) is 4.68 Å². The van der Waals surface area contributed by atoms with Gasteiger partial charge in [-0.1, -0.05) is 6.92 Å². The lowest BCUT2D eigenvalue weighted by Gasteiger charge is -2.24. The minimum absolute atomic E-state index is 0.125. The molecule has 1 unspecified atom stereocenters. The van der Waals surface area contributed by atoms with Crippen LogP contribution in [-0.4, -0.2) is 32.3 Å². The lowest BCUT2D eigenvalue weighted by Crippen LogP contribution is -2.36. The van der Waals surface area contributed by atoms with E-state index in [1.54, 1.807) is 41.7 Å². The van der Waals surface area contributed by atoms with Crippen LogP contribution >= 0.6 is 0 Å². The van der Waals surface area contributed by atoms with Crippen LogP contribution in [0.3, 0.4) is 0 Å². The molecule has 1 N–H and O–H groups in total. The van der Waals surface area contributed by atoms with Crippen LogP contribution in [0.5, 0.6) is 0 Å². The first-order valence-electron chi connectivity index (χ1n) is 6.74. The first-order valence-corrected chi connectivity index (χ1v) is 6.74. The van der Waals surface area contributed by atoms with Crippen LogP contribution in [0.1, 0.15) is 39.8 Å². The maximum Gasteiger partial charge on any atom is 0.333 e. The van der Waals surface area contributed by atoms with E-state index in [0.717, 1.165) is 0 Å². The molecule has 0 bridgehead atoms. The van der Waals surface area contributed by atoms with Gasteiger partial charge in [0.25, 0.3) is 0 Å². The fourth-order valence-electron chi connectivity index (χ4n) is 1.89.